The first-order valence-corrected chi connectivity index (χ1v) is 13.8. The van der Waals surface area contributed by atoms with E-state index in [0.717, 1.165) is 11.3 Å². The molecule has 1 fully saturated rings. The lowest BCUT2D eigenvalue weighted by Gasteiger charge is -2.32. The third kappa shape index (κ3) is 6.49. The molecular weight excluding hydrogens is 511 g/mol. The maximum Gasteiger partial charge on any atom is 0.394 e. The number of fused-ring (bicyclic) bond motifs is 1. The monoisotopic (exact) mass is 541 g/mol. The standard InChI is InChI=1S/C25H30F3N3O5S/c1-2-37(34,35)21-7-3-16(4-8-21)23(14-32)30-24(33)17-9-18-11-31(13-22(18)29-10-17)12-20-6-5-19(15-36-20)25(26,27)28/h3-4,7-10,19-20,23,32H,2,5-6,11-15H2,1H3,(H,30,33)/t19-,20-,23-/m0/s1. The summed E-state index contributed by atoms with van der Waals surface area (Å²) in [7, 11) is -3.36. The molecule has 0 bridgehead atoms. The van der Waals surface area contributed by atoms with Crippen molar-refractivity contribution in [3.63, 3.8) is 0 Å². The van der Waals surface area contributed by atoms with Crippen LogP contribution < -0.4 is 5.32 Å². The van der Waals surface area contributed by atoms with E-state index in [-0.39, 0.29) is 36.4 Å². The number of benzene rings is 1. The minimum Gasteiger partial charge on any atom is -0.394 e. The van der Waals surface area contributed by atoms with Gasteiger partial charge < -0.3 is 15.2 Å². The van der Waals surface area contributed by atoms with Gasteiger partial charge >= 0.3 is 6.18 Å². The topological polar surface area (TPSA) is 109 Å². The number of amides is 1. The summed E-state index contributed by atoms with van der Waals surface area (Å²) in [5, 5.41) is 12.6. The minimum absolute atomic E-state index is 0.0263. The molecule has 0 saturated carbocycles. The van der Waals surface area contributed by atoms with Crippen molar-refractivity contribution in [2.75, 3.05) is 25.5 Å². The second kappa shape index (κ2) is 11.1. The van der Waals surface area contributed by atoms with Gasteiger partial charge in [0.2, 0.25) is 0 Å². The molecule has 2 aromatic rings. The van der Waals surface area contributed by atoms with E-state index >= 15 is 0 Å². The quantitative estimate of drug-likeness (QED) is 0.529. The number of nitrogens with zero attached hydrogens (tertiary/aromatic N) is 2. The zero-order valence-electron chi connectivity index (χ0n) is 20.4. The number of ether oxygens (including phenoxy) is 1. The summed E-state index contributed by atoms with van der Waals surface area (Å²) in [6.45, 7) is 2.36. The number of carbonyl (C=O) groups is 1. The molecule has 1 amide bonds. The molecule has 12 heteroatoms. The number of carbonyl (C=O) groups excluding carboxylic acids is 1. The lowest BCUT2D eigenvalue weighted by atomic mass is 9.98. The third-order valence-corrected chi connectivity index (χ3v) is 8.64. The molecule has 0 radical (unpaired) electrons. The van der Waals surface area contributed by atoms with E-state index < -0.39 is 33.9 Å². The van der Waals surface area contributed by atoms with Crippen molar-refractivity contribution in [2.45, 2.75) is 56.1 Å². The van der Waals surface area contributed by atoms with Gasteiger partial charge in [-0.05, 0) is 42.2 Å². The highest BCUT2D eigenvalue weighted by molar-refractivity contribution is 7.91. The van der Waals surface area contributed by atoms with E-state index in [1.807, 2.05) is 4.90 Å². The van der Waals surface area contributed by atoms with Crippen LogP contribution in [-0.4, -0.2) is 67.1 Å². The van der Waals surface area contributed by atoms with Crippen LogP contribution in [0.2, 0.25) is 0 Å². The van der Waals surface area contributed by atoms with Crippen LogP contribution in [0.5, 0.6) is 0 Å². The number of alkyl halides is 3. The number of halogens is 3. The third-order valence-electron chi connectivity index (χ3n) is 6.89. The molecule has 2 N–H and O–H groups in total. The van der Waals surface area contributed by atoms with Gasteiger partial charge in [-0.3, -0.25) is 14.7 Å². The molecule has 3 atom stereocenters. The molecule has 8 nitrogen and oxygen atoms in total. The van der Waals surface area contributed by atoms with Crippen LogP contribution in [-0.2, 0) is 27.7 Å². The molecule has 2 aliphatic heterocycles. The highest BCUT2D eigenvalue weighted by Crippen LogP contribution is 2.34. The molecule has 0 aliphatic carbocycles. The molecule has 0 unspecified atom stereocenters. The van der Waals surface area contributed by atoms with Crippen molar-refractivity contribution in [3.8, 4) is 0 Å². The second-order valence-corrected chi connectivity index (χ2v) is 11.7. The SMILES string of the molecule is CCS(=O)(=O)c1ccc([C@H](CO)NC(=O)c2cnc3c(c2)CN(C[C@@H]2CC[C@H](C(F)(F)F)CO2)C3)cc1. The fourth-order valence-electron chi connectivity index (χ4n) is 4.63. The first kappa shape index (κ1) is 27.5. The van der Waals surface area contributed by atoms with Gasteiger partial charge in [-0.15, -0.1) is 0 Å². The Balaban J connectivity index is 1.35. The summed E-state index contributed by atoms with van der Waals surface area (Å²) < 4.78 is 68.1. The van der Waals surface area contributed by atoms with Gasteiger partial charge in [0.1, 0.15) is 0 Å². The average molecular weight is 542 g/mol. The van der Waals surface area contributed by atoms with E-state index in [2.05, 4.69) is 10.3 Å². The number of rotatable bonds is 8. The summed E-state index contributed by atoms with van der Waals surface area (Å²) in [6.07, 6.45) is -2.66. The van der Waals surface area contributed by atoms with E-state index in [1.165, 1.54) is 18.3 Å². The van der Waals surface area contributed by atoms with Crippen LogP contribution in [0.4, 0.5) is 13.2 Å². The fourth-order valence-corrected chi connectivity index (χ4v) is 5.51. The normalized spacial score (nSPS) is 21.4. The number of hydrogen-bond donors (Lipinski definition) is 2. The summed E-state index contributed by atoms with van der Waals surface area (Å²) in [5.41, 5.74) is 2.52. The van der Waals surface area contributed by atoms with Crippen LogP contribution >= 0.6 is 0 Å². The lowest BCUT2D eigenvalue weighted by molar-refractivity contribution is -0.208. The number of hydrogen-bond acceptors (Lipinski definition) is 7. The summed E-state index contributed by atoms with van der Waals surface area (Å²) in [5.74, 6) is -1.87. The molecule has 1 aromatic carbocycles. The summed E-state index contributed by atoms with van der Waals surface area (Å²) in [4.78, 5) is 19.5. The van der Waals surface area contributed by atoms with E-state index in [9.17, 15) is 31.5 Å². The van der Waals surface area contributed by atoms with E-state index in [4.69, 9.17) is 4.74 Å². The van der Waals surface area contributed by atoms with E-state index in [1.54, 1.807) is 25.1 Å². The number of aliphatic hydroxyl groups is 1. The smallest absolute Gasteiger partial charge is 0.394 e. The van der Waals surface area contributed by atoms with Crippen LogP contribution in [0.15, 0.2) is 41.4 Å². The largest absolute Gasteiger partial charge is 0.394 e. The minimum atomic E-state index is -4.23. The van der Waals surface area contributed by atoms with Gasteiger partial charge in [-0.2, -0.15) is 13.2 Å². The molecule has 1 aromatic heterocycles. The number of pyridine rings is 1. The molecular formula is C25H30F3N3O5S. The molecule has 2 aliphatic rings. The zero-order chi connectivity index (χ0) is 26.8. The first-order chi connectivity index (χ1) is 17.5. The zero-order valence-corrected chi connectivity index (χ0v) is 21.2. The highest BCUT2D eigenvalue weighted by Gasteiger charge is 2.42. The van der Waals surface area contributed by atoms with E-state index in [0.29, 0.717) is 37.2 Å². The number of nitrogens with one attached hydrogen (secondary N) is 1. The van der Waals surface area contributed by atoms with Gasteiger partial charge in [0.15, 0.2) is 9.84 Å². The molecule has 37 heavy (non-hydrogen) atoms. The predicted octanol–water partition coefficient (Wildman–Crippen LogP) is 3.01. The Morgan fingerprint density at radius 1 is 1.24 bits per heavy atom. The van der Waals surface area contributed by atoms with Gasteiger partial charge in [-0.1, -0.05) is 19.1 Å². The van der Waals surface area contributed by atoms with Gasteiger partial charge in [0.05, 0.1) is 53.2 Å². The number of aromatic nitrogens is 1. The first-order valence-electron chi connectivity index (χ1n) is 12.1. The lowest BCUT2D eigenvalue weighted by Crippen LogP contribution is -2.39. The van der Waals surface area contributed by atoms with Gasteiger partial charge in [-0.25, -0.2) is 8.42 Å². The Hall–Kier alpha value is -2.54. The Kier molecular flexibility index (Phi) is 8.22. The number of aliphatic hydroxyl groups excluding tert-OH is 1. The van der Waals surface area contributed by atoms with Crippen LogP contribution in [0.3, 0.4) is 0 Å². The molecule has 0 spiro atoms. The maximum absolute atomic E-state index is 12.9. The molecule has 3 heterocycles. The number of sulfone groups is 1. The highest BCUT2D eigenvalue weighted by atomic mass is 32.2. The molecule has 1 saturated heterocycles. The second-order valence-electron chi connectivity index (χ2n) is 9.45. The van der Waals surface area contributed by atoms with Crippen molar-refractivity contribution in [3.05, 3.63) is 58.9 Å². The predicted molar refractivity (Wildman–Crippen MR) is 128 cm³/mol. The van der Waals surface area contributed by atoms with Gasteiger partial charge in [0.25, 0.3) is 5.91 Å². The van der Waals surface area contributed by atoms with Gasteiger partial charge in [0, 0.05) is 25.8 Å². The Morgan fingerprint density at radius 3 is 2.57 bits per heavy atom. The van der Waals surface area contributed by atoms with Crippen molar-refractivity contribution >= 4 is 15.7 Å². The van der Waals surface area contributed by atoms with Crippen molar-refractivity contribution < 1.29 is 36.2 Å². The van der Waals surface area contributed by atoms with Crippen LogP contribution in [0.25, 0.3) is 0 Å². The van der Waals surface area contributed by atoms with Crippen molar-refractivity contribution in [1.29, 1.82) is 0 Å². The molecule has 4 rings (SSSR count). The average Bonchev–Trinajstić information content (AvgIpc) is 3.28. The summed E-state index contributed by atoms with van der Waals surface area (Å²) >= 11 is 0. The fraction of sp³-hybridized carbons (Fsp3) is 0.520. The molecule has 202 valence electrons. The Morgan fingerprint density at radius 2 is 1.97 bits per heavy atom. The Bertz CT molecular complexity index is 1210. The maximum atomic E-state index is 12.9. The summed E-state index contributed by atoms with van der Waals surface area (Å²) in [6, 6.07) is 7.02. The van der Waals surface area contributed by atoms with Crippen molar-refractivity contribution in [2.24, 2.45) is 5.92 Å². The Labute approximate surface area is 213 Å². The van der Waals surface area contributed by atoms with Crippen LogP contribution in [0.1, 0.15) is 53.0 Å². The van der Waals surface area contributed by atoms with Crippen LogP contribution in [0, 0.1) is 5.92 Å². The van der Waals surface area contributed by atoms with Crippen molar-refractivity contribution in [1.82, 2.24) is 15.2 Å².